The van der Waals surface area contributed by atoms with Crippen LogP contribution in [0.5, 0.6) is 5.75 Å². The first-order valence-corrected chi connectivity index (χ1v) is 8.84. The van der Waals surface area contributed by atoms with Gasteiger partial charge >= 0.3 is 5.97 Å². The molecule has 2 aromatic heterocycles. The van der Waals surface area contributed by atoms with Crippen molar-refractivity contribution >= 4 is 29.2 Å². The number of aromatic nitrogens is 4. The Kier molecular flexibility index (Phi) is 5.93. The molecule has 0 amide bonds. The summed E-state index contributed by atoms with van der Waals surface area (Å²) in [5.74, 6) is 0.164. The third kappa shape index (κ3) is 4.20. The SMILES string of the molecule is CCOC(=O)c1nnn(Cc2ccc(OC)cc2)c1-c1cc(Cl)c(Cl)cn1. The van der Waals surface area contributed by atoms with Crippen LogP contribution in [0.25, 0.3) is 11.4 Å². The second-order valence-corrected chi connectivity index (χ2v) is 6.31. The van der Waals surface area contributed by atoms with Crippen LogP contribution in [-0.2, 0) is 11.3 Å². The maximum Gasteiger partial charge on any atom is 0.361 e. The molecule has 27 heavy (non-hydrogen) atoms. The molecule has 0 aliphatic rings. The summed E-state index contributed by atoms with van der Waals surface area (Å²) in [4.78, 5) is 16.6. The highest BCUT2D eigenvalue weighted by Gasteiger charge is 2.24. The first-order valence-electron chi connectivity index (χ1n) is 8.08. The second kappa shape index (κ2) is 8.37. The number of halogens is 2. The van der Waals surface area contributed by atoms with Crippen LogP contribution in [0.4, 0.5) is 0 Å². The molecule has 0 atom stereocenters. The topological polar surface area (TPSA) is 79.1 Å². The Morgan fingerprint density at radius 1 is 1.19 bits per heavy atom. The fourth-order valence-corrected chi connectivity index (χ4v) is 2.72. The van der Waals surface area contributed by atoms with E-state index >= 15 is 0 Å². The molecule has 9 heteroatoms. The number of rotatable bonds is 6. The quantitative estimate of drug-likeness (QED) is 0.577. The zero-order valence-electron chi connectivity index (χ0n) is 14.6. The van der Waals surface area contributed by atoms with Gasteiger partial charge in [-0.25, -0.2) is 9.48 Å². The molecule has 0 spiro atoms. The van der Waals surface area contributed by atoms with Crippen molar-refractivity contribution in [2.24, 2.45) is 0 Å². The highest BCUT2D eigenvalue weighted by Crippen LogP contribution is 2.28. The largest absolute Gasteiger partial charge is 0.497 e. The van der Waals surface area contributed by atoms with Crippen LogP contribution in [-0.4, -0.2) is 39.7 Å². The minimum atomic E-state index is -0.582. The molecular formula is C18H16Cl2N4O3. The van der Waals surface area contributed by atoms with Crippen LogP contribution in [0.15, 0.2) is 36.5 Å². The lowest BCUT2D eigenvalue weighted by molar-refractivity contribution is 0.0520. The fraction of sp³-hybridized carbons (Fsp3) is 0.222. The molecule has 7 nitrogen and oxygen atoms in total. The van der Waals surface area contributed by atoms with Crippen LogP contribution < -0.4 is 4.74 Å². The summed E-state index contributed by atoms with van der Waals surface area (Å²) >= 11 is 12.1. The van der Waals surface area contributed by atoms with Crippen molar-refractivity contribution in [3.8, 4) is 17.1 Å². The number of carbonyl (C=O) groups is 1. The van der Waals surface area contributed by atoms with Crippen LogP contribution in [0.2, 0.25) is 10.0 Å². The number of methoxy groups -OCH3 is 1. The van der Waals surface area contributed by atoms with Crippen molar-refractivity contribution in [1.29, 1.82) is 0 Å². The Labute approximate surface area is 165 Å². The highest BCUT2D eigenvalue weighted by atomic mass is 35.5. The number of hydrogen-bond donors (Lipinski definition) is 0. The van der Waals surface area contributed by atoms with E-state index in [0.717, 1.165) is 11.3 Å². The number of benzene rings is 1. The number of pyridine rings is 1. The summed E-state index contributed by atoms with van der Waals surface area (Å²) in [5, 5.41) is 8.72. The van der Waals surface area contributed by atoms with E-state index in [-0.39, 0.29) is 12.3 Å². The van der Waals surface area contributed by atoms with E-state index in [0.29, 0.717) is 28.0 Å². The molecule has 0 aliphatic carbocycles. The first kappa shape index (κ1) is 19.1. The monoisotopic (exact) mass is 406 g/mol. The molecule has 0 fully saturated rings. The van der Waals surface area contributed by atoms with Gasteiger partial charge in [0, 0.05) is 6.20 Å². The molecule has 0 aliphatic heterocycles. The maximum absolute atomic E-state index is 12.3. The van der Waals surface area contributed by atoms with E-state index < -0.39 is 5.97 Å². The molecule has 140 valence electrons. The molecule has 1 aromatic carbocycles. The van der Waals surface area contributed by atoms with Crippen molar-refractivity contribution in [1.82, 2.24) is 20.0 Å². The Morgan fingerprint density at radius 3 is 2.56 bits per heavy atom. The van der Waals surface area contributed by atoms with Crippen LogP contribution in [0.3, 0.4) is 0 Å². The predicted octanol–water partition coefficient (Wildman–Crippen LogP) is 3.88. The van der Waals surface area contributed by atoms with Gasteiger partial charge in [-0.2, -0.15) is 0 Å². The molecule has 0 N–H and O–H groups in total. The smallest absolute Gasteiger partial charge is 0.361 e. The van der Waals surface area contributed by atoms with E-state index in [1.54, 1.807) is 24.8 Å². The molecule has 0 radical (unpaired) electrons. The average molecular weight is 407 g/mol. The molecule has 0 bridgehead atoms. The zero-order valence-corrected chi connectivity index (χ0v) is 16.2. The van der Waals surface area contributed by atoms with Crippen molar-refractivity contribution in [3.05, 3.63) is 57.8 Å². The predicted molar refractivity (Wildman–Crippen MR) is 101 cm³/mol. The van der Waals surface area contributed by atoms with Gasteiger partial charge in [-0.1, -0.05) is 40.5 Å². The number of hydrogen-bond acceptors (Lipinski definition) is 6. The maximum atomic E-state index is 12.3. The average Bonchev–Trinajstić information content (AvgIpc) is 3.08. The summed E-state index contributed by atoms with van der Waals surface area (Å²) in [6.45, 7) is 2.31. The summed E-state index contributed by atoms with van der Waals surface area (Å²) in [5.41, 5.74) is 1.84. The lowest BCUT2D eigenvalue weighted by Crippen LogP contribution is -2.09. The van der Waals surface area contributed by atoms with Crippen LogP contribution in [0, 0.1) is 0 Å². The van der Waals surface area contributed by atoms with Gasteiger partial charge in [-0.3, -0.25) is 4.98 Å². The van der Waals surface area contributed by atoms with Gasteiger partial charge in [0.05, 0.1) is 36.0 Å². The van der Waals surface area contributed by atoms with E-state index in [4.69, 9.17) is 32.7 Å². The van der Waals surface area contributed by atoms with Gasteiger partial charge in [0.25, 0.3) is 0 Å². The number of ether oxygens (including phenoxy) is 2. The van der Waals surface area contributed by atoms with Crippen molar-refractivity contribution in [3.63, 3.8) is 0 Å². The van der Waals surface area contributed by atoms with E-state index in [2.05, 4.69) is 15.3 Å². The summed E-state index contributed by atoms with van der Waals surface area (Å²) < 4.78 is 11.8. The molecule has 3 rings (SSSR count). The Morgan fingerprint density at radius 2 is 1.93 bits per heavy atom. The second-order valence-electron chi connectivity index (χ2n) is 5.50. The highest BCUT2D eigenvalue weighted by molar-refractivity contribution is 6.42. The van der Waals surface area contributed by atoms with Crippen molar-refractivity contribution in [2.45, 2.75) is 13.5 Å². The van der Waals surface area contributed by atoms with Crippen molar-refractivity contribution < 1.29 is 14.3 Å². The summed E-state index contributed by atoms with van der Waals surface area (Å²) in [6, 6.07) is 9.05. The van der Waals surface area contributed by atoms with Gasteiger partial charge in [0.15, 0.2) is 5.69 Å². The fourth-order valence-electron chi connectivity index (χ4n) is 2.46. The van der Waals surface area contributed by atoms with E-state index in [1.165, 1.54) is 6.20 Å². The normalized spacial score (nSPS) is 10.7. The standard InChI is InChI=1S/C18H16Cl2N4O3/c1-3-27-18(25)16-17(15-8-13(19)14(20)9-21-15)24(23-22-16)10-11-4-6-12(26-2)7-5-11/h4-9H,3,10H2,1-2H3. The molecule has 0 unspecified atom stereocenters. The summed E-state index contributed by atoms with van der Waals surface area (Å²) in [7, 11) is 1.60. The third-order valence-electron chi connectivity index (χ3n) is 3.75. The third-order valence-corrected chi connectivity index (χ3v) is 4.46. The molecule has 2 heterocycles. The lowest BCUT2D eigenvalue weighted by atomic mass is 10.2. The molecule has 0 saturated heterocycles. The van der Waals surface area contributed by atoms with Crippen LogP contribution >= 0.6 is 23.2 Å². The van der Waals surface area contributed by atoms with E-state index in [1.807, 2.05) is 24.3 Å². The minimum Gasteiger partial charge on any atom is -0.497 e. The molecule has 0 saturated carbocycles. The Balaban J connectivity index is 2.04. The van der Waals surface area contributed by atoms with Gasteiger partial charge < -0.3 is 9.47 Å². The number of esters is 1. The van der Waals surface area contributed by atoms with Gasteiger partial charge in [-0.05, 0) is 30.7 Å². The van der Waals surface area contributed by atoms with Crippen LogP contribution in [0.1, 0.15) is 23.0 Å². The van der Waals surface area contributed by atoms with Gasteiger partial charge in [0.2, 0.25) is 0 Å². The van der Waals surface area contributed by atoms with Crippen molar-refractivity contribution in [2.75, 3.05) is 13.7 Å². The van der Waals surface area contributed by atoms with Gasteiger partial charge in [-0.15, -0.1) is 5.10 Å². The first-order chi connectivity index (χ1) is 13.0. The number of carbonyl (C=O) groups excluding carboxylic acids is 1. The number of nitrogens with zero attached hydrogens (tertiary/aromatic N) is 4. The zero-order chi connectivity index (χ0) is 19.4. The van der Waals surface area contributed by atoms with E-state index in [9.17, 15) is 4.79 Å². The lowest BCUT2D eigenvalue weighted by Gasteiger charge is -2.09. The molecular weight excluding hydrogens is 391 g/mol. The molecule has 3 aromatic rings. The minimum absolute atomic E-state index is 0.0660. The van der Waals surface area contributed by atoms with Gasteiger partial charge in [0.1, 0.15) is 11.4 Å². The Bertz CT molecular complexity index is 958. The Hall–Kier alpha value is -2.64. The summed E-state index contributed by atoms with van der Waals surface area (Å²) in [6.07, 6.45) is 1.42.